The summed E-state index contributed by atoms with van der Waals surface area (Å²) < 4.78 is 13.9. The first-order chi connectivity index (χ1) is 8.61. The highest BCUT2D eigenvalue weighted by Gasteiger charge is 2.27. The molecule has 0 spiro atoms. The van der Waals surface area contributed by atoms with Gasteiger partial charge in [-0.2, -0.15) is 0 Å². The van der Waals surface area contributed by atoms with E-state index in [2.05, 4.69) is 28.2 Å². The topological polar surface area (TPSA) is 32.3 Å². The van der Waals surface area contributed by atoms with E-state index < -0.39 is 6.10 Å². The Kier molecular flexibility index (Phi) is 4.76. The minimum Gasteiger partial charge on any atom is -0.387 e. The highest BCUT2D eigenvalue weighted by molar-refractivity contribution is 9.10. The SMILES string of the molecule is CCC1CCNC(C(O)c2ccc(Br)c(F)c2)C1. The molecule has 1 aliphatic rings. The Morgan fingerprint density at radius 1 is 1.56 bits per heavy atom. The summed E-state index contributed by atoms with van der Waals surface area (Å²) in [7, 11) is 0. The second-order valence-corrected chi connectivity index (χ2v) is 5.83. The van der Waals surface area contributed by atoms with Crippen LogP contribution in [0.5, 0.6) is 0 Å². The molecule has 3 atom stereocenters. The number of aliphatic hydroxyl groups excluding tert-OH is 1. The van der Waals surface area contributed by atoms with Crippen molar-refractivity contribution in [2.24, 2.45) is 5.92 Å². The fraction of sp³-hybridized carbons (Fsp3) is 0.571. The van der Waals surface area contributed by atoms with Gasteiger partial charge in [0.25, 0.3) is 0 Å². The van der Waals surface area contributed by atoms with Gasteiger partial charge in [0, 0.05) is 6.04 Å². The molecular weight excluding hydrogens is 297 g/mol. The fourth-order valence-corrected chi connectivity index (χ4v) is 2.82. The third kappa shape index (κ3) is 3.11. The molecule has 2 rings (SSSR count). The molecule has 0 saturated carbocycles. The maximum atomic E-state index is 13.5. The first-order valence-corrected chi connectivity index (χ1v) is 7.27. The van der Waals surface area contributed by atoms with Crippen molar-refractivity contribution in [3.05, 3.63) is 34.1 Å². The summed E-state index contributed by atoms with van der Waals surface area (Å²) in [6.07, 6.45) is 2.62. The highest BCUT2D eigenvalue weighted by Crippen LogP contribution is 2.29. The number of halogens is 2. The van der Waals surface area contributed by atoms with E-state index in [0.29, 0.717) is 16.0 Å². The van der Waals surface area contributed by atoms with E-state index in [1.54, 1.807) is 12.1 Å². The Balaban J connectivity index is 2.10. The van der Waals surface area contributed by atoms with Crippen LogP contribution in [0.4, 0.5) is 4.39 Å². The lowest BCUT2D eigenvalue weighted by atomic mass is 9.86. The molecule has 1 saturated heterocycles. The van der Waals surface area contributed by atoms with Gasteiger partial charge in [0.15, 0.2) is 0 Å². The number of rotatable bonds is 3. The first kappa shape index (κ1) is 14.0. The molecule has 18 heavy (non-hydrogen) atoms. The summed E-state index contributed by atoms with van der Waals surface area (Å²) >= 11 is 3.12. The summed E-state index contributed by atoms with van der Waals surface area (Å²) in [5.41, 5.74) is 0.643. The fourth-order valence-electron chi connectivity index (χ4n) is 2.57. The van der Waals surface area contributed by atoms with Crippen molar-refractivity contribution in [2.45, 2.75) is 38.3 Å². The molecule has 0 radical (unpaired) electrons. The number of benzene rings is 1. The van der Waals surface area contributed by atoms with Crippen LogP contribution in [0.1, 0.15) is 37.9 Å². The number of piperidine rings is 1. The molecule has 4 heteroatoms. The van der Waals surface area contributed by atoms with Gasteiger partial charge in [0.1, 0.15) is 5.82 Å². The Labute approximate surface area is 116 Å². The molecule has 1 aromatic rings. The van der Waals surface area contributed by atoms with Crippen molar-refractivity contribution in [2.75, 3.05) is 6.54 Å². The molecule has 1 aromatic carbocycles. The van der Waals surface area contributed by atoms with Crippen molar-refractivity contribution < 1.29 is 9.50 Å². The zero-order valence-electron chi connectivity index (χ0n) is 10.5. The lowest BCUT2D eigenvalue weighted by molar-refractivity contribution is 0.0976. The number of aliphatic hydroxyl groups is 1. The van der Waals surface area contributed by atoms with E-state index in [9.17, 15) is 9.50 Å². The van der Waals surface area contributed by atoms with Crippen molar-refractivity contribution in [3.63, 3.8) is 0 Å². The van der Waals surface area contributed by atoms with Gasteiger partial charge in [0.2, 0.25) is 0 Å². The summed E-state index contributed by atoms with van der Waals surface area (Å²) in [4.78, 5) is 0. The minimum atomic E-state index is -0.637. The van der Waals surface area contributed by atoms with Crippen LogP contribution < -0.4 is 5.32 Å². The molecule has 1 fully saturated rings. The van der Waals surface area contributed by atoms with Crippen LogP contribution in [0, 0.1) is 11.7 Å². The lowest BCUT2D eigenvalue weighted by Crippen LogP contribution is -2.42. The van der Waals surface area contributed by atoms with Gasteiger partial charge >= 0.3 is 0 Å². The quantitative estimate of drug-likeness (QED) is 0.896. The average molecular weight is 316 g/mol. The van der Waals surface area contributed by atoms with Gasteiger partial charge in [-0.05, 0) is 58.9 Å². The van der Waals surface area contributed by atoms with E-state index in [-0.39, 0.29) is 11.9 Å². The minimum absolute atomic E-state index is 0.0317. The van der Waals surface area contributed by atoms with Crippen LogP contribution in [0.25, 0.3) is 0 Å². The van der Waals surface area contributed by atoms with Gasteiger partial charge in [-0.1, -0.05) is 19.4 Å². The molecule has 3 unspecified atom stereocenters. The van der Waals surface area contributed by atoms with E-state index in [4.69, 9.17) is 0 Å². The molecule has 1 heterocycles. The Bertz CT molecular complexity index is 413. The lowest BCUT2D eigenvalue weighted by Gasteiger charge is -2.33. The molecule has 2 nitrogen and oxygen atoms in total. The largest absolute Gasteiger partial charge is 0.387 e. The van der Waals surface area contributed by atoms with Gasteiger partial charge in [-0.15, -0.1) is 0 Å². The van der Waals surface area contributed by atoms with Gasteiger partial charge in [-0.25, -0.2) is 4.39 Å². The zero-order valence-corrected chi connectivity index (χ0v) is 12.1. The summed E-state index contributed by atoms with van der Waals surface area (Å²) in [6, 6.07) is 4.86. The van der Waals surface area contributed by atoms with Crippen LogP contribution in [0.3, 0.4) is 0 Å². The standard InChI is InChI=1S/C14H19BrFNO/c1-2-9-5-6-17-13(7-9)14(18)10-3-4-11(15)12(16)8-10/h3-4,8-9,13-14,17-18H,2,5-7H2,1H3. The van der Waals surface area contributed by atoms with Crippen LogP contribution in [0.2, 0.25) is 0 Å². The van der Waals surface area contributed by atoms with Crippen molar-refractivity contribution >= 4 is 15.9 Å². The molecule has 0 bridgehead atoms. The predicted molar refractivity (Wildman–Crippen MR) is 73.9 cm³/mol. The van der Waals surface area contributed by atoms with Crippen LogP contribution in [-0.4, -0.2) is 17.7 Å². The van der Waals surface area contributed by atoms with Crippen molar-refractivity contribution in [3.8, 4) is 0 Å². The molecule has 1 aliphatic heterocycles. The molecule has 0 amide bonds. The number of hydrogen-bond acceptors (Lipinski definition) is 2. The highest BCUT2D eigenvalue weighted by atomic mass is 79.9. The molecular formula is C14H19BrFNO. The first-order valence-electron chi connectivity index (χ1n) is 6.48. The summed E-state index contributed by atoms with van der Waals surface area (Å²) in [5, 5.41) is 13.7. The molecule has 100 valence electrons. The Hall–Kier alpha value is -0.450. The Morgan fingerprint density at radius 2 is 2.33 bits per heavy atom. The summed E-state index contributed by atoms with van der Waals surface area (Å²) in [5.74, 6) is 0.334. The maximum Gasteiger partial charge on any atom is 0.137 e. The van der Waals surface area contributed by atoms with Crippen molar-refractivity contribution in [1.29, 1.82) is 0 Å². The number of nitrogens with one attached hydrogen (secondary N) is 1. The average Bonchev–Trinajstić information content (AvgIpc) is 2.41. The second kappa shape index (κ2) is 6.13. The van der Waals surface area contributed by atoms with Crippen LogP contribution >= 0.6 is 15.9 Å². The Morgan fingerprint density at radius 3 is 3.00 bits per heavy atom. The van der Waals surface area contributed by atoms with E-state index in [0.717, 1.165) is 25.8 Å². The van der Waals surface area contributed by atoms with E-state index in [1.807, 2.05) is 0 Å². The van der Waals surface area contributed by atoms with Crippen LogP contribution in [-0.2, 0) is 0 Å². The third-order valence-corrected chi connectivity index (χ3v) is 4.43. The summed E-state index contributed by atoms with van der Waals surface area (Å²) in [6.45, 7) is 3.11. The van der Waals surface area contributed by atoms with Crippen LogP contribution in [0.15, 0.2) is 22.7 Å². The van der Waals surface area contributed by atoms with Gasteiger partial charge in [0.05, 0.1) is 10.6 Å². The van der Waals surface area contributed by atoms with Gasteiger partial charge < -0.3 is 10.4 Å². The zero-order chi connectivity index (χ0) is 13.1. The number of hydrogen-bond donors (Lipinski definition) is 2. The van der Waals surface area contributed by atoms with E-state index in [1.165, 1.54) is 6.07 Å². The van der Waals surface area contributed by atoms with E-state index >= 15 is 0 Å². The third-order valence-electron chi connectivity index (χ3n) is 3.79. The molecule has 0 aromatic heterocycles. The molecule has 2 N–H and O–H groups in total. The predicted octanol–water partition coefficient (Wildman–Crippen LogP) is 3.40. The molecule has 0 aliphatic carbocycles. The maximum absolute atomic E-state index is 13.5. The second-order valence-electron chi connectivity index (χ2n) is 4.98. The normalized spacial score (nSPS) is 26.0. The van der Waals surface area contributed by atoms with Crippen molar-refractivity contribution in [1.82, 2.24) is 5.32 Å². The van der Waals surface area contributed by atoms with Gasteiger partial charge in [-0.3, -0.25) is 0 Å². The smallest absolute Gasteiger partial charge is 0.137 e. The monoisotopic (exact) mass is 315 g/mol.